The molecular weight excluding hydrogens is 332 g/mol. The van der Waals surface area contributed by atoms with Gasteiger partial charge in [0.1, 0.15) is 12.0 Å². The molecule has 4 rings (SSSR count). The predicted molar refractivity (Wildman–Crippen MR) is 96.1 cm³/mol. The summed E-state index contributed by atoms with van der Waals surface area (Å²) < 4.78 is 1.43. The lowest BCUT2D eigenvalue weighted by molar-refractivity contribution is 0.0908. The number of carbonyl (C=O) groups excluding carboxylic acids is 2. The molecule has 4 N–H and O–H groups in total. The van der Waals surface area contributed by atoms with E-state index in [1.165, 1.54) is 17.3 Å². The van der Waals surface area contributed by atoms with Crippen LogP contribution in [0.15, 0.2) is 30.6 Å². The van der Waals surface area contributed by atoms with Crippen LogP contribution in [-0.4, -0.2) is 37.4 Å². The van der Waals surface area contributed by atoms with Gasteiger partial charge in [0.25, 0.3) is 11.8 Å². The van der Waals surface area contributed by atoms with Crippen LogP contribution in [0.4, 0.5) is 0 Å². The number of H-pyrrole nitrogens is 1. The first kappa shape index (κ1) is 16.3. The maximum absolute atomic E-state index is 12.6. The van der Waals surface area contributed by atoms with Crippen LogP contribution in [0, 0.1) is 0 Å². The Morgan fingerprint density at radius 3 is 2.69 bits per heavy atom. The van der Waals surface area contributed by atoms with Gasteiger partial charge in [-0.15, -0.1) is 0 Å². The summed E-state index contributed by atoms with van der Waals surface area (Å²) in [6.07, 6.45) is 6.68. The molecule has 0 atom stereocenters. The highest BCUT2D eigenvalue weighted by atomic mass is 16.2. The smallest absolute Gasteiger partial charge is 0.272 e. The fraction of sp³-hybridized carbons (Fsp3) is 0.333. The third kappa shape index (κ3) is 2.94. The Labute approximate surface area is 149 Å². The van der Waals surface area contributed by atoms with E-state index in [0.717, 1.165) is 36.7 Å². The first-order chi connectivity index (χ1) is 12.6. The van der Waals surface area contributed by atoms with E-state index >= 15 is 0 Å². The molecule has 0 unspecified atom stereocenters. The van der Waals surface area contributed by atoms with Gasteiger partial charge in [-0.05, 0) is 25.0 Å². The minimum Gasteiger partial charge on any atom is -0.364 e. The number of fused-ring (bicyclic) bond motifs is 1. The molecular formula is C18H20N6O2. The number of carbonyl (C=O) groups is 2. The molecule has 2 aromatic heterocycles. The van der Waals surface area contributed by atoms with E-state index in [0.29, 0.717) is 5.95 Å². The highest BCUT2D eigenvalue weighted by Crippen LogP contribution is 2.20. The second-order valence-corrected chi connectivity index (χ2v) is 6.56. The van der Waals surface area contributed by atoms with Gasteiger partial charge in [-0.25, -0.2) is 9.97 Å². The molecule has 26 heavy (non-hydrogen) atoms. The summed E-state index contributed by atoms with van der Waals surface area (Å²) in [4.78, 5) is 36.4. The number of rotatable bonds is 4. The number of nitrogens with zero attached hydrogens (tertiary/aromatic N) is 3. The maximum Gasteiger partial charge on any atom is 0.272 e. The van der Waals surface area contributed by atoms with Crippen molar-refractivity contribution in [3.63, 3.8) is 0 Å². The summed E-state index contributed by atoms with van der Waals surface area (Å²) in [5, 5.41) is 2.97. The van der Waals surface area contributed by atoms with E-state index in [9.17, 15) is 9.59 Å². The molecule has 1 fully saturated rings. The van der Waals surface area contributed by atoms with Gasteiger partial charge in [-0.3, -0.25) is 14.2 Å². The van der Waals surface area contributed by atoms with Crippen molar-refractivity contribution < 1.29 is 9.59 Å². The average Bonchev–Trinajstić information content (AvgIpc) is 3.26. The van der Waals surface area contributed by atoms with Crippen LogP contribution in [0.3, 0.4) is 0 Å². The van der Waals surface area contributed by atoms with E-state index in [2.05, 4.69) is 20.3 Å². The molecule has 2 heterocycles. The second kappa shape index (κ2) is 6.62. The molecule has 1 aliphatic carbocycles. The van der Waals surface area contributed by atoms with Gasteiger partial charge in [-0.1, -0.05) is 31.4 Å². The van der Waals surface area contributed by atoms with Crippen LogP contribution >= 0.6 is 0 Å². The zero-order valence-corrected chi connectivity index (χ0v) is 14.2. The minimum absolute atomic E-state index is 0.0253. The first-order valence-corrected chi connectivity index (χ1v) is 8.76. The van der Waals surface area contributed by atoms with Crippen molar-refractivity contribution in [1.82, 2.24) is 24.8 Å². The fourth-order valence-electron chi connectivity index (χ4n) is 3.46. The third-order valence-electron chi connectivity index (χ3n) is 4.76. The molecule has 1 aromatic carbocycles. The lowest BCUT2D eigenvalue weighted by atomic mass is 9.95. The first-order valence-electron chi connectivity index (χ1n) is 8.76. The Hall–Kier alpha value is -3.16. The number of para-hydroxylation sites is 2. The van der Waals surface area contributed by atoms with Crippen LogP contribution in [0.2, 0.25) is 0 Å². The van der Waals surface area contributed by atoms with Crippen molar-refractivity contribution in [2.75, 3.05) is 0 Å². The Balaban J connectivity index is 1.68. The molecule has 0 saturated heterocycles. The molecule has 0 bridgehead atoms. The van der Waals surface area contributed by atoms with Gasteiger partial charge < -0.3 is 16.0 Å². The van der Waals surface area contributed by atoms with Crippen molar-refractivity contribution >= 4 is 22.8 Å². The SMILES string of the molecule is NC(=O)c1c(C(=O)NC2CCCCC2)ncn1-c1nc2ccccc2[nH]1. The van der Waals surface area contributed by atoms with E-state index in [-0.39, 0.29) is 23.3 Å². The minimum atomic E-state index is -0.725. The lowest BCUT2D eigenvalue weighted by Gasteiger charge is -2.22. The number of nitrogens with two attached hydrogens (primary N) is 1. The summed E-state index contributed by atoms with van der Waals surface area (Å²) >= 11 is 0. The van der Waals surface area contributed by atoms with Crippen molar-refractivity contribution in [3.05, 3.63) is 42.0 Å². The number of imidazole rings is 2. The van der Waals surface area contributed by atoms with Gasteiger partial charge in [0, 0.05) is 6.04 Å². The number of hydrogen-bond donors (Lipinski definition) is 3. The van der Waals surface area contributed by atoms with Crippen LogP contribution < -0.4 is 11.1 Å². The quantitative estimate of drug-likeness (QED) is 0.664. The molecule has 8 heteroatoms. The van der Waals surface area contributed by atoms with Gasteiger partial charge in [0.15, 0.2) is 5.69 Å². The highest BCUT2D eigenvalue weighted by molar-refractivity contribution is 6.04. The molecule has 8 nitrogen and oxygen atoms in total. The largest absolute Gasteiger partial charge is 0.364 e. The van der Waals surface area contributed by atoms with E-state index < -0.39 is 5.91 Å². The van der Waals surface area contributed by atoms with Crippen LogP contribution in [0.25, 0.3) is 17.0 Å². The van der Waals surface area contributed by atoms with Crippen molar-refractivity contribution in [1.29, 1.82) is 0 Å². The van der Waals surface area contributed by atoms with Gasteiger partial charge in [-0.2, -0.15) is 0 Å². The summed E-state index contributed by atoms with van der Waals surface area (Å²) in [6.45, 7) is 0. The molecule has 0 radical (unpaired) electrons. The number of benzene rings is 1. The summed E-state index contributed by atoms with van der Waals surface area (Å²) in [6, 6.07) is 7.61. The van der Waals surface area contributed by atoms with E-state index in [4.69, 9.17) is 5.73 Å². The monoisotopic (exact) mass is 352 g/mol. The van der Waals surface area contributed by atoms with Gasteiger partial charge in [0.05, 0.1) is 11.0 Å². The Kier molecular flexibility index (Phi) is 4.16. The van der Waals surface area contributed by atoms with Crippen molar-refractivity contribution in [2.24, 2.45) is 5.73 Å². The molecule has 1 aliphatic rings. The van der Waals surface area contributed by atoms with Crippen molar-refractivity contribution in [3.8, 4) is 5.95 Å². The summed E-state index contributed by atoms with van der Waals surface area (Å²) in [7, 11) is 0. The zero-order chi connectivity index (χ0) is 18.1. The Morgan fingerprint density at radius 1 is 1.19 bits per heavy atom. The fourth-order valence-corrected chi connectivity index (χ4v) is 3.46. The molecule has 134 valence electrons. The average molecular weight is 352 g/mol. The summed E-state index contributed by atoms with van der Waals surface area (Å²) in [5.74, 6) is -0.707. The Bertz CT molecular complexity index is 934. The normalized spacial score (nSPS) is 15.2. The molecule has 2 amide bonds. The molecule has 0 spiro atoms. The highest BCUT2D eigenvalue weighted by Gasteiger charge is 2.26. The van der Waals surface area contributed by atoms with E-state index in [1.54, 1.807) is 0 Å². The number of aromatic nitrogens is 4. The third-order valence-corrected chi connectivity index (χ3v) is 4.76. The summed E-state index contributed by atoms with van der Waals surface area (Å²) in [5.41, 5.74) is 7.17. The standard InChI is InChI=1S/C18H20N6O2/c19-16(25)15-14(17(26)21-11-6-2-1-3-7-11)20-10-24(15)18-22-12-8-4-5-9-13(12)23-18/h4-5,8-11H,1-3,6-7H2,(H2,19,25)(H,21,26)(H,22,23). The topological polar surface area (TPSA) is 119 Å². The number of nitrogens with one attached hydrogen (secondary N) is 2. The number of amides is 2. The number of primary amides is 1. The Morgan fingerprint density at radius 2 is 1.96 bits per heavy atom. The molecule has 0 aliphatic heterocycles. The number of aromatic amines is 1. The second-order valence-electron chi connectivity index (χ2n) is 6.56. The number of hydrogen-bond acceptors (Lipinski definition) is 4. The van der Waals surface area contributed by atoms with E-state index in [1.807, 2.05) is 24.3 Å². The maximum atomic E-state index is 12.6. The van der Waals surface area contributed by atoms with Crippen LogP contribution in [-0.2, 0) is 0 Å². The molecule has 1 saturated carbocycles. The van der Waals surface area contributed by atoms with Gasteiger partial charge in [0.2, 0.25) is 5.95 Å². The van der Waals surface area contributed by atoms with Crippen molar-refractivity contribution in [2.45, 2.75) is 38.1 Å². The van der Waals surface area contributed by atoms with Crippen LogP contribution in [0.1, 0.15) is 53.1 Å². The molecule has 3 aromatic rings. The zero-order valence-electron chi connectivity index (χ0n) is 14.2. The van der Waals surface area contributed by atoms with Gasteiger partial charge >= 0.3 is 0 Å². The lowest BCUT2D eigenvalue weighted by Crippen LogP contribution is -2.37. The van der Waals surface area contributed by atoms with Crippen LogP contribution in [0.5, 0.6) is 0 Å². The predicted octanol–water partition coefficient (Wildman–Crippen LogP) is 1.91.